The van der Waals surface area contributed by atoms with Crippen molar-refractivity contribution in [2.75, 3.05) is 28.8 Å². The highest BCUT2D eigenvalue weighted by molar-refractivity contribution is 8.05. The summed E-state index contributed by atoms with van der Waals surface area (Å²) in [7, 11) is -5.64. The van der Waals surface area contributed by atoms with E-state index in [4.69, 9.17) is 13.0 Å². The van der Waals surface area contributed by atoms with Gasteiger partial charge in [0.1, 0.15) is 11.5 Å². The maximum Gasteiger partial charge on any atom is 0.485 e. The van der Waals surface area contributed by atoms with E-state index in [9.17, 15) is 18.0 Å². The van der Waals surface area contributed by atoms with Gasteiger partial charge in [-0.2, -0.15) is 24.9 Å². The Kier molecular flexibility index (Phi) is 9.19. The summed E-state index contributed by atoms with van der Waals surface area (Å²) >= 11 is 2.03. The van der Waals surface area contributed by atoms with Crippen molar-refractivity contribution in [1.29, 1.82) is 0 Å². The summed E-state index contributed by atoms with van der Waals surface area (Å²) in [6, 6.07) is 0. The molecule has 0 bridgehead atoms. The molecule has 1 fully saturated rings. The van der Waals surface area contributed by atoms with Gasteiger partial charge in [0, 0.05) is 17.9 Å². The van der Waals surface area contributed by atoms with Crippen molar-refractivity contribution in [1.82, 2.24) is 0 Å². The fourth-order valence-corrected chi connectivity index (χ4v) is 5.41. The van der Waals surface area contributed by atoms with Crippen molar-refractivity contribution in [3.63, 3.8) is 0 Å². The molecule has 0 aliphatic carbocycles. The van der Waals surface area contributed by atoms with E-state index in [1.807, 2.05) is 11.8 Å². The van der Waals surface area contributed by atoms with Crippen LogP contribution >= 0.6 is 11.8 Å². The lowest BCUT2D eigenvalue weighted by Crippen LogP contribution is -2.27. The number of hydrogen-bond acceptors (Lipinski definition) is 5. The summed E-state index contributed by atoms with van der Waals surface area (Å²) in [5.74, 6) is 6.52. The molecule has 120 valence electrons. The summed E-state index contributed by atoms with van der Waals surface area (Å²) in [6.45, 7) is 2.08. The van der Waals surface area contributed by atoms with E-state index in [1.54, 1.807) is 0 Å². The van der Waals surface area contributed by atoms with Gasteiger partial charge < -0.3 is 4.55 Å². The van der Waals surface area contributed by atoms with Crippen molar-refractivity contribution in [2.45, 2.75) is 25.3 Å². The Morgan fingerprint density at radius 3 is 2.10 bits per heavy atom. The number of rotatable bonds is 4. The van der Waals surface area contributed by atoms with Gasteiger partial charge in [0.2, 0.25) is 0 Å². The van der Waals surface area contributed by atoms with Crippen LogP contribution in [0.3, 0.4) is 0 Å². The molecule has 1 aliphatic rings. The average Bonchev–Trinajstić information content (AvgIpc) is 2.28. The Morgan fingerprint density at radius 2 is 1.75 bits per heavy atom. The van der Waals surface area contributed by atoms with Gasteiger partial charge in [-0.1, -0.05) is 6.92 Å². The van der Waals surface area contributed by atoms with Crippen molar-refractivity contribution >= 4 is 38.6 Å². The molecule has 4 nitrogen and oxygen atoms in total. The van der Waals surface area contributed by atoms with Crippen LogP contribution in [0.15, 0.2) is 0 Å². The third kappa shape index (κ3) is 9.09. The van der Waals surface area contributed by atoms with Gasteiger partial charge >= 0.3 is 5.51 Å². The lowest BCUT2D eigenvalue weighted by molar-refractivity contribution is -0.116. The highest BCUT2D eigenvalue weighted by Crippen LogP contribution is 2.20. The maximum atomic E-state index is 11.3. The third-order valence-electron chi connectivity index (χ3n) is 2.21. The van der Waals surface area contributed by atoms with E-state index < -0.39 is 15.6 Å². The zero-order chi connectivity index (χ0) is 15.8. The Morgan fingerprint density at radius 1 is 1.30 bits per heavy atom. The predicted molar refractivity (Wildman–Crippen MR) is 75.0 cm³/mol. The first-order valence-corrected chi connectivity index (χ1v) is 10.1. The summed E-state index contributed by atoms with van der Waals surface area (Å²) in [4.78, 5) is 11.3. The molecular formula is C10H17F3O4S3. The molecule has 0 saturated carbocycles. The Bertz CT molecular complexity index is 389. The van der Waals surface area contributed by atoms with E-state index in [0.29, 0.717) is 16.7 Å². The molecule has 0 unspecified atom stereocenters. The molecule has 1 aliphatic heterocycles. The molecule has 0 spiro atoms. The Balaban J connectivity index is 0.000000396. The SMILES string of the molecule is CCCC(=O)C[S+]1CCSCC1.O=S(=O)([O-])C(F)(F)F. The molecule has 20 heavy (non-hydrogen) atoms. The van der Waals surface area contributed by atoms with Crippen LogP contribution in [0.25, 0.3) is 0 Å². The van der Waals surface area contributed by atoms with Gasteiger partial charge in [0.05, 0.1) is 0 Å². The van der Waals surface area contributed by atoms with Gasteiger partial charge in [0.25, 0.3) is 0 Å². The largest absolute Gasteiger partial charge is 0.741 e. The smallest absolute Gasteiger partial charge is 0.485 e. The molecule has 1 heterocycles. The van der Waals surface area contributed by atoms with Crippen LogP contribution in [0.2, 0.25) is 0 Å². The minimum absolute atomic E-state index is 0.453. The van der Waals surface area contributed by atoms with E-state index in [0.717, 1.165) is 18.6 Å². The number of thioether (sulfide) groups is 1. The van der Waals surface area contributed by atoms with Crippen LogP contribution in [0.1, 0.15) is 19.8 Å². The standard InChI is InChI=1S/C9H17OS2.CHF3O3S/c1-2-3-9(10)8-12-6-4-11-5-7-12;2-1(3,4)8(5,6)7/h2-8H2,1H3;(H,5,6,7)/q+1;/p-1. The van der Waals surface area contributed by atoms with Crippen LogP contribution in [-0.2, 0) is 25.8 Å². The molecule has 1 rings (SSSR count). The number of carbonyl (C=O) groups excluding carboxylic acids is 1. The topological polar surface area (TPSA) is 74.3 Å². The van der Waals surface area contributed by atoms with Crippen LogP contribution in [0, 0.1) is 0 Å². The average molecular weight is 354 g/mol. The minimum atomic E-state index is -6.09. The molecule has 0 N–H and O–H groups in total. The first-order chi connectivity index (χ1) is 9.08. The zero-order valence-corrected chi connectivity index (χ0v) is 13.4. The van der Waals surface area contributed by atoms with E-state index >= 15 is 0 Å². The van der Waals surface area contributed by atoms with Gasteiger partial charge in [-0.25, -0.2) is 8.42 Å². The third-order valence-corrected chi connectivity index (χ3v) is 6.57. The zero-order valence-electron chi connectivity index (χ0n) is 10.9. The fourth-order valence-electron chi connectivity index (χ4n) is 1.28. The van der Waals surface area contributed by atoms with Crippen LogP contribution in [0.5, 0.6) is 0 Å². The van der Waals surface area contributed by atoms with Crippen molar-refractivity contribution in [3.05, 3.63) is 0 Å². The van der Waals surface area contributed by atoms with Crippen molar-refractivity contribution < 1.29 is 30.9 Å². The predicted octanol–water partition coefficient (Wildman–Crippen LogP) is 1.77. The number of halogens is 3. The van der Waals surface area contributed by atoms with Crippen molar-refractivity contribution in [3.8, 4) is 0 Å². The number of carbonyl (C=O) groups is 1. The van der Waals surface area contributed by atoms with Crippen LogP contribution < -0.4 is 0 Å². The summed E-state index contributed by atoms with van der Waals surface area (Å²) in [5.41, 5.74) is -5.65. The number of alkyl halides is 3. The summed E-state index contributed by atoms with van der Waals surface area (Å²) < 4.78 is 58.9. The lowest BCUT2D eigenvalue weighted by atomic mass is 10.3. The first-order valence-electron chi connectivity index (χ1n) is 5.83. The molecular weight excluding hydrogens is 337 g/mol. The van der Waals surface area contributed by atoms with Crippen LogP contribution in [0.4, 0.5) is 13.2 Å². The maximum absolute atomic E-state index is 11.3. The molecule has 0 radical (unpaired) electrons. The fraction of sp³-hybridized carbons (Fsp3) is 0.900. The number of Topliss-reactive ketones (excluding diaryl/α,β-unsaturated/α-hetero) is 1. The quantitative estimate of drug-likeness (QED) is 0.437. The first kappa shape index (κ1) is 20.1. The van der Waals surface area contributed by atoms with Gasteiger partial charge in [-0.15, -0.1) is 0 Å². The molecule has 0 atom stereocenters. The molecule has 0 aromatic carbocycles. The Hall–Kier alpha value is 0.0700. The van der Waals surface area contributed by atoms with E-state index in [-0.39, 0.29) is 0 Å². The molecule has 0 aromatic heterocycles. The second-order valence-electron chi connectivity index (χ2n) is 3.97. The second kappa shape index (κ2) is 9.16. The van der Waals surface area contributed by atoms with Gasteiger partial charge in [0.15, 0.2) is 21.7 Å². The molecule has 10 heteroatoms. The van der Waals surface area contributed by atoms with E-state index in [2.05, 4.69) is 6.92 Å². The molecule has 0 aromatic rings. The molecule has 1 saturated heterocycles. The van der Waals surface area contributed by atoms with Gasteiger partial charge in [-0.3, -0.25) is 4.79 Å². The summed E-state index contributed by atoms with van der Waals surface area (Å²) in [6.07, 6.45) is 1.82. The highest BCUT2D eigenvalue weighted by atomic mass is 32.2. The van der Waals surface area contributed by atoms with Gasteiger partial charge in [-0.05, 0) is 17.3 Å². The Labute approximate surface area is 124 Å². The highest BCUT2D eigenvalue weighted by Gasteiger charge is 2.36. The number of ketones is 1. The van der Waals surface area contributed by atoms with E-state index in [1.165, 1.54) is 23.0 Å². The van der Waals surface area contributed by atoms with Crippen molar-refractivity contribution in [2.24, 2.45) is 0 Å². The monoisotopic (exact) mass is 354 g/mol. The second-order valence-corrected chi connectivity index (χ2v) is 8.89. The lowest BCUT2D eigenvalue weighted by Gasteiger charge is -2.12. The minimum Gasteiger partial charge on any atom is -0.741 e. The number of hydrogen-bond donors (Lipinski definition) is 0. The normalized spacial score (nSPS) is 17.2. The van der Waals surface area contributed by atoms with Crippen LogP contribution in [-0.4, -0.2) is 53.0 Å². The molecule has 0 amide bonds. The summed E-state index contributed by atoms with van der Waals surface area (Å²) in [5, 5.41) is 0.